The lowest BCUT2D eigenvalue weighted by molar-refractivity contribution is 0.406. The zero-order valence-electron chi connectivity index (χ0n) is 12.3. The Hall–Kier alpha value is -0.540. The van der Waals surface area contributed by atoms with E-state index >= 15 is 0 Å². The third-order valence-electron chi connectivity index (χ3n) is 3.62. The summed E-state index contributed by atoms with van der Waals surface area (Å²) in [6.45, 7) is 11.9. The molecule has 2 nitrogen and oxygen atoms in total. The number of ether oxygens (including phenoxy) is 1. The summed E-state index contributed by atoms with van der Waals surface area (Å²) < 4.78 is 5.48. The van der Waals surface area contributed by atoms with Gasteiger partial charge in [0, 0.05) is 12.0 Å². The number of benzene rings is 1. The first kappa shape index (κ1) is 15.5. The second-order valence-corrected chi connectivity index (χ2v) is 6.03. The predicted molar refractivity (Wildman–Crippen MR) is 82.0 cm³/mol. The Balaban J connectivity index is 3.25. The zero-order valence-corrected chi connectivity index (χ0v) is 13.9. The maximum absolute atomic E-state index is 5.48. The molecule has 102 valence electrons. The van der Waals surface area contributed by atoms with Crippen molar-refractivity contribution in [3.63, 3.8) is 0 Å². The molecule has 0 fully saturated rings. The van der Waals surface area contributed by atoms with Crippen molar-refractivity contribution in [1.82, 2.24) is 5.32 Å². The van der Waals surface area contributed by atoms with Crippen LogP contribution in [0.2, 0.25) is 0 Å². The van der Waals surface area contributed by atoms with E-state index in [1.807, 2.05) is 0 Å². The van der Waals surface area contributed by atoms with Crippen molar-refractivity contribution in [3.05, 3.63) is 28.3 Å². The Morgan fingerprint density at radius 2 is 1.83 bits per heavy atom. The third-order valence-corrected chi connectivity index (χ3v) is 4.02. The van der Waals surface area contributed by atoms with Gasteiger partial charge in [0.05, 0.1) is 12.6 Å². The van der Waals surface area contributed by atoms with Gasteiger partial charge in [-0.1, -0.05) is 35.8 Å². The van der Waals surface area contributed by atoms with Crippen LogP contribution in [0.3, 0.4) is 0 Å². The Kier molecular flexibility index (Phi) is 5.23. The minimum atomic E-state index is 0.111. The van der Waals surface area contributed by atoms with E-state index in [-0.39, 0.29) is 5.41 Å². The smallest absolute Gasteiger partial charge is 0.124 e. The number of halogens is 1. The van der Waals surface area contributed by atoms with E-state index in [0.29, 0.717) is 0 Å². The standard InChI is InChI=1S/C15H24BrNO/c1-10-7-13(15(4,5)8-17-9-16)11(2)12(3)14(10)18-6/h7,17H,8-9H2,1-6H3. The fourth-order valence-electron chi connectivity index (χ4n) is 2.53. The van der Waals surface area contributed by atoms with Gasteiger partial charge >= 0.3 is 0 Å². The minimum absolute atomic E-state index is 0.111. The SMILES string of the molecule is COc1c(C)cc(C(C)(C)CNCBr)c(C)c1C. The summed E-state index contributed by atoms with van der Waals surface area (Å²) in [6, 6.07) is 2.26. The molecule has 1 aromatic rings. The van der Waals surface area contributed by atoms with Gasteiger partial charge < -0.3 is 10.1 Å². The molecule has 1 rings (SSSR count). The molecule has 0 amide bonds. The normalized spacial score (nSPS) is 11.7. The van der Waals surface area contributed by atoms with E-state index in [1.165, 1.54) is 22.3 Å². The van der Waals surface area contributed by atoms with Crippen molar-refractivity contribution in [3.8, 4) is 5.75 Å². The monoisotopic (exact) mass is 313 g/mol. The molecule has 0 radical (unpaired) electrons. The largest absolute Gasteiger partial charge is 0.496 e. The van der Waals surface area contributed by atoms with E-state index in [1.54, 1.807) is 7.11 Å². The van der Waals surface area contributed by atoms with Crippen molar-refractivity contribution >= 4 is 15.9 Å². The second kappa shape index (κ2) is 6.07. The second-order valence-electron chi connectivity index (χ2n) is 5.47. The average Bonchev–Trinajstić information content (AvgIpc) is 2.32. The van der Waals surface area contributed by atoms with Gasteiger partial charge in [-0.15, -0.1) is 0 Å². The van der Waals surface area contributed by atoms with E-state index in [0.717, 1.165) is 17.7 Å². The molecule has 0 spiro atoms. The van der Waals surface area contributed by atoms with Crippen LogP contribution in [0.4, 0.5) is 0 Å². The molecule has 0 aromatic heterocycles. The van der Waals surface area contributed by atoms with Gasteiger partial charge in [-0.05, 0) is 43.0 Å². The van der Waals surface area contributed by atoms with Crippen LogP contribution in [0.15, 0.2) is 6.07 Å². The first-order valence-corrected chi connectivity index (χ1v) is 7.39. The van der Waals surface area contributed by atoms with Crippen LogP contribution < -0.4 is 10.1 Å². The summed E-state index contributed by atoms with van der Waals surface area (Å²) in [6.07, 6.45) is 0. The molecule has 0 saturated carbocycles. The molecule has 0 aliphatic heterocycles. The van der Waals surface area contributed by atoms with Crippen LogP contribution in [0.5, 0.6) is 5.75 Å². The van der Waals surface area contributed by atoms with Crippen LogP contribution in [0.25, 0.3) is 0 Å². The number of rotatable bonds is 5. The van der Waals surface area contributed by atoms with Crippen LogP contribution in [-0.4, -0.2) is 19.1 Å². The van der Waals surface area contributed by atoms with Gasteiger partial charge in [0.25, 0.3) is 0 Å². The van der Waals surface area contributed by atoms with Crippen molar-refractivity contribution < 1.29 is 4.74 Å². The number of hydrogen-bond donors (Lipinski definition) is 1. The van der Waals surface area contributed by atoms with Crippen molar-refractivity contribution in [2.45, 2.75) is 40.0 Å². The van der Waals surface area contributed by atoms with E-state index in [4.69, 9.17) is 4.74 Å². The molecule has 3 heteroatoms. The summed E-state index contributed by atoms with van der Waals surface area (Å²) in [5, 5.41) is 3.37. The molecule has 1 N–H and O–H groups in total. The summed E-state index contributed by atoms with van der Waals surface area (Å²) in [5.41, 5.74) is 6.12. The highest BCUT2D eigenvalue weighted by atomic mass is 79.9. The van der Waals surface area contributed by atoms with Crippen molar-refractivity contribution in [2.75, 3.05) is 19.1 Å². The van der Waals surface area contributed by atoms with Gasteiger partial charge in [-0.3, -0.25) is 0 Å². The van der Waals surface area contributed by atoms with E-state index < -0.39 is 0 Å². The number of nitrogens with one attached hydrogen (secondary N) is 1. The van der Waals surface area contributed by atoms with Crippen LogP contribution in [0, 0.1) is 20.8 Å². The molecule has 0 heterocycles. The highest BCUT2D eigenvalue weighted by Gasteiger charge is 2.24. The predicted octanol–water partition coefficient (Wildman–Crippen LogP) is 3.84. The molecular formula is C15H24BrNO. The number of aryl methyl sites for hydroxylation is 1. The molecule has 0 saturated heterocycles. The van der Waals surface area contributed by atoms with Gasteiger partial charge in [0.15, 0.2) is 0 Å². The molecule has 0 aliphatic carbocycles. The van der Waals surface area contributed by atoms with Crippen molar-refractivity contribution in [1.29, 1.82) is 0 Å². The Morgan fingerprint density at radius 1 is 1.22 bits per heavy atom. The maximum atomic E-state index is 5.48. The van der Waals surface area contributed by atoms with Gasteiger partial charge in [0.1, 0.15) is 5.75 Å². The quantitative estimate of drug-likeness (QED) is 0.658. The van der Waals surface area contributed by atoms with Gasteiger partial charge in [-0.25, -0.2) is 0 Å². The van der Waals surface area contributed by atoms with Crippen molar-refractivity contribution in [2.24, 2.45) is 0 Å². The fraction of sp³-hybridized carbons (Fsp3) is 0.600. The molecular weight excluding hydrogens is 290 g/mol. The summed E-state index contributed by atoms with van der Waals surface area (Å²) in [4.78, 5) is 0. The molecule has 0 atom stereocenters. The first-order chi connectivity index (χ1) is 8.35. The van der Waals surface area contributed by atoms with Crippen LogP contribution in [-0.2, 0) is 5.41 Å². The number of alkyl halides is 1. The van der Waals surface area contributed by atoms with E-state index in [2.05, 4.69) is 61.9 Å². The molecule has 0 unspecified atom stereocenters. The molecule has 18 heavy (non-hydrogen) atoms. The van der Waals surface area contributed by atoms with Gasteiger partial charge in [-0.2, -0.15) is 0 Å². The lowest BCUT2D eigenvalue weighted by Crippen LogP contribution is -2.33. The minimum Gasteiger partial charge on any atom is -0.496 e. The lowest BCUT2D eigenvalue weighted by Gasteiger charge is -2.29. The Bertz CT molecular complexity index is 427. The number of methoxy groups -OCH3 is 1. The lowest BCUT2D eigenvalue weighted by atomic mass is 9.79. The Morgan fingerprint density at radius 3 is 2.33 bits per heavy atom. The Labute approximate surface area is 119 Å². The van der Waals surface area contributed by atoms with Gasteiger partial charge in [0.2, 0.25) is 0 Å². The molecule has 0 bridgehead atoms. The average molecular weight is 314 g/mol. The first-order valence-electron chi connectivity index (χ1n) is 6.27. The third kappa shape index (κ3) is 3.07. The molecule has 1 aromatic carbocycles. The summed E-state index contributed by atoms with van der Waals surface area (Å²) in [5.74, 6) is 1.01. The maximum Gasteiger partial charge on any atom is 0.124 e. The number of hydrogen-bond acceptors (Lipinski definition) is 2. The van der Waals surface area contributed by atoms with E-state index in [9.17, 15) is 0 Å². The summed E-state index contributed by atoms with van der Waals surface area (Å²) in [7, 11) is 1.74. The van der Waals surface area contributed by atoms with Crippen LogP contribution in [0.1, 0.15) is 36.1 Å². The highest BCUT2D eigenvalue weighted by molar-refractivity contribution is 9.09. The van der Waals surface area contributed by atoms with Crippen LogP contribution >= 0.6 is 15.9 Å². The fourth-order valence-corrected chi connectivity index (χ4v) is 2.73. The molecule has 0 aliphatic rings. The summed E-state index contributed by atoms with van der Waals surface area (Å²) >= 11 is 3.41. The topological polar surface area (TPSA) is 21.3 Å². The zero-order chi connectivity index (χ0) is 13.9. The highest BCUT2D eigenvalue weighted by Crippen LogP contribution is 2.34.